The Morgan fingerprint density at radius 2 is 1.71 bits per heavy atom. The second-order valence-corrected chi connectivity index (χ2v) is 9.62. The van der Waals surface area contributed by atoms with E-state index < -0.39 is 24.1 Å². The zero-order valence-corrected chi connectivity index (χ0v) is 15.5. The van der Waals surface area contributed by atoms with Gasteiger partial charge in [0.25, 0.3) is 0 Å². The molecule has 0 aliphatic rings. The van der Waals surface area contributed by atoms with Gasteiger partial charge in [-0.3, -0.25) is 8.73 Å². The van der Waals surface area contributed by atoms with E-state index in [0.29, 0.717) is 18.1 Å². The molecule has 0 bridgehead atoms. The molecule has 0 fully saturated rings. The summed E-state index contributed by atoms with van der Waals surface area (Å²) in [7, 11) is -4.69. The lowest BCUT2D eigenvalue weighted by atomic mass is 10.0. The van der Waals surface area contributed by atoms with Crippen molar-refractivity contribution in [2.45, 2.75) is 71.8 Å². The molecule has 0 aliphatic heterocycles. The molecule has 2 atom stereocenters. The minimum absolute atomic E-state index is 0.624. The molecule has 0 aromatic rings. The smallest absolute Gasteiger partial charge is 0.313 e. The number of hydrogen-bond acceptors (Lipinski definition) is 3. The van der Waals surface area contributed by atoms with Crippen molar-refractivity contribution in [2.24, 2.45) is 11.4 Å². The average Bonchev–Trinajstić information content (AvgIpc) is 2.27. The summed E-state index contributed by atoms with van der Waals surface area (Å²) >= 11 is 0. The van der Waals surface area contributed by atoms with Crippen LogP contribution >= 0.6 is 7.75 Å². The van der Waals surface area contributed by atoms with E-state index in [1.165, 1.54) is 6.42 Å². The van der Waals surface area contributed by atoms with E-state index in [0.717, 1.165) is 31.4 Å². The fourth-order valence-electron chi connectivity index (χ4n) is 2.13. The first-order chi connectivity index (χ1) is 9.52. The Bertz CT molecular complexity index is 355. The monoisotopic (exact) mass is 341 g/mol. The Morgan fingerprint density at radius 3 is 2.19 bits per heavy atom. The van der Waals surface area contributed by atoms with Crippen LogP contribution < -0.4 is 5.50 Å². The van der Waals surface area contributed by atoms with Crippen LogP contribution in [0.2, 0.25) is 0 Å². The molecule has 0 heterocycles. The summed E-state index contributed by atoms with van der Waals surface area (Å²) in [6.07, 6.45) is 5.64. The highest BCUT2D eigenvalue weighted by molar-refractivity contribution is 7.84. The van der Waals surface area contributed by atoms with E-state index in [2.05, 4.69) is 13.8 Å². The highest BCUT2D eigenvalue weighted by Crippen LogP contribution is 2.39. The molecule has 128 valence electrons. The van der Waals surface area contributed by atoms with Gasteiger partial charge in [0, 0.05) is 22.3 Å². The molecule has 0 spiro atoms. The Hall–Kier alpha value is 0.260. The quantitative estimate of drug-likeness (QED) is 0.418. The summed E-state index contributed by atoms with van der Waals surface area (Å²) in [5.41, 5.74) is 4.28. The van der Waals surface area contributed by atoms with Gasteiger partial charge >= 0.3 is 7.75 Å². The number of nitrogens with two attached hydrogens (primary N) is 1. The predicted molar refractivity (Wildman–Crippen MR) is 89.6 cm³/mol. The molecule has 0 aromatic carbocycles. The summed E-state index contributed by atoms with van der Waals surface area (Å²) < 4.78 is 27.8. The maximum absolute atomic E-state index is 11.8. The van der Waals surface area contributed by atoms with Crippen LogP contribution in [0.15, 0.2) is 0 Å². The largest absolute Gasteiger partial charge is 0.400 e. The molecule has 2 unspecified atom stereocenters. The van der Waals surface area contributed by atoms with E-state index >= 15 is 0 Å². The molecule has 7 heteroatoms. The standard InChI is InChI=1S/C14H32NO4PS/c1-13(2)9-5-7-11-21(18)12-8-6-10-14(3,4)19-20(15,16)17/h13H,5-12H2,1-4H3,(H3,15,16,17). The lowest BCUT2D eigenvalue weighted by Gasteiger charge is -2.25. The van der Waals surface area contributed by atoms with Gasteiger partial charge in [0.15, 0.2) is 0 Å². The summed E-state index contributed by atoms with van der Waals surface area (Å²) in [4.78, 5) is 9.02. The highest BCUT2D eigenvalue weighted by atomic mass is 32.2. The third-order valence-electron chi connectivity index (χ3n) is 3.18. The van der Waals surface area contributed by atoms with Crippen LogP contribution in [0.1, 0.15) is 66.2 Å². The number of rotatable bonds is 12. The van der Waals surface area contributed by atoms with Crippen LogP contribution in [0.5, 0.6) is 0 Å². The van der Waals surface area contributed by atoms with Crippen molar-refractivity contribution in [3.05, 3.63) is 0 Å². The highest BCUT2D eigenvalue weighted by Gasteiger charge is 2.26. The van der Waals surface area contributed by atoms with Crippen LogP contribution in [0.25, 0.3) is 0 Å². The van der Waals surface area contributed by atoms with Gasteiger partial charge in [0.05, 0.1) is 5.60 Å². The third-order valence-corrected chi connectivity index (χ3v) is 5.43. The normalized spacial score (nSPS) is 16.9. The Morgan fingerprint density at radius 1 is 1.19 bits per heavy atom. The summed E-state index contributed by atoms with van der Waals surface area (Å²) in [6, 6.07) is 0. The second-order valence-electron chi connectivity index (χ2n) is 6.61. The zero-order valence-electron chi connectivity index (χ0n) is 13.8. The molecule has 3 N–H and O–H groups in total. The summed E-state index contributed by atoms with van der Waals surface area (Å²) in [6.45, 7) is 7.89. The molecular weight excluding hydrogens is 309 g/mol. The van der Waals surface area contributed by atoms with Gasteiger partial charge in [0.1, 0.15) is 0 Å². The van der Waals surface area contributed by atoms with Crippen LogP contribution in [0.3, 0.4) is 0 Å². The first-order valence-electron chi connectivity index (χ1n) is 7.69. The molecule has 0 aliphatic carbocycles. The van der Waals surface area contributed by atoms with Crippen LogP contribution in [-0.2, 0) is 19.9 Å². The van der Waals surface area contributed by atoms with E-state index in [9.17, 15) is 8.77 Å². The first-order valence-corrected chi connectivity index (χ1v) is 10.8. The van der Waals surface area contributed by atoms with Gasteiger partial charge in [-0.15, -0.1) is 0 Å². The molecule has 0 saturated carbocycles. The lowest BCUT2D eigenvalue weighted by Crippen LogP contribution is -2.24. The number of hydrogen-bond donors (Lipinski definition) is 2. The van der Waals surface area contributed by atoms with Gasteiger partial charge in [0.2, 0.25) is 0 Å². The molecule has 0 amide bonds. The topological polar surface area (TPSA) is 89.6 Å². The molecule has 0 rings (SSSR count). The fraction of sp³-hybridized carbons (Fsp3) is 1.00. The third kappa shape index (κ3) is 14.9. The predicted octanol–water partition coefficient (Wildman–Crippen LogP) is 3.59. The Kier molecular flexibility index (Phi) is 10.2. The van der Waals surface area contributed by atoms with Crippen molar-refractivity contribution in [3.8, 4) is 0 Å². The first kappa shape index (κ1) is 21.3. The molecule has 21 heavy (non-hydrogen) atoms. The van der Waals surface area contributed by atoms with Crippen molar-refractivity contribution >= 4 is 18.5 Å². The van der Waals surface area contributed by atoms with Gasteiger partial charge in [-0.1, -0.05) is 26.7 Å². The zero-order chi connectivity index (χ0) is 16.5. The van der Waals surface area contributed by atoms with Crippen LogP contribution in [-0.4, -0.2) is 26.2 Å². The van der Waals surface area contributed by atoms with E-state index in [-0.39, 0.29) is 0 Å². The fourth-order valence-corrected chi connectivity index (χ4v) is 4.19. The minimum atomic E-state index is -3.94. The second kappa shape index (κ2) is 10.1. The van der Waals surface area contributed by atoms with Gasteiger partial charge < -0.3 is 4.89 Å². The van der Waals surface area contributed by atoms with Crippen molar-refractivity contribution in [2.75, 3.05) is 11.5 Å². The van der Waals surface area contributed by atoms with E-state index in [1.807, 2.05) is 0 Å². The summed E-state index contributed by atoms with van der Waals surface area (Å²) in [5, 5.41) is 0. The van der Waals surface area contributed by atoms with Crippen LogP contribution in [0, 0.1) is 5.92 Å². The Labute approximate surface area is 132 Å². The molecule has 0 aromatic heterocycles. The van der Waals surface area contributed by atoms with Gasteiger partial charge in [-0.2, -0.15) is 0 Å². The minimum Gasteiger partial charge on any atom is -0.313 e. The molecule has 0 radical (unpaired) electrons. The van der Waals surface area contributed by atoms with E-state index in [4.69, 9.17) is 14.9 Å². The van der Waals surface area contributed by atoms with Crippen molar-refractivity contribution in [3.63, 3.8) is 0 Å². The van der Waals surface area contributed by atoms with Gasteiger partial charge in [-0.25, -0.2) is 10.1 Å². The molecular formula is C14H32NO4PS. The SMILES string of the molecule is CC(C)CCCCS(=O)CCCCC(C)(C)OP(N)(=O)O. The molecule has 0 saturated heterocycles. The van der Waals surface area contributed by atoms with Crippen molar-refractivity contribution < 1.29 is 18.2 Å². The molecule has 5 nitrogen and oxygen atoms in total. The van der Waals surface area contributed by atoms with Crippen molar-refractivity contribution in [1.82, 2.24) is 0 Å². The summed E-state index contributed by atoms with van der Waals surface area (Å²) in [5.74, 6) is 2.18. The van der Waals surface area contributed by atoms with E-state index in [1.54, 1.807) is 13.8 Å². The number of unbranched alkanes of at least 4 members (excludes halogenated alkanes) is 2. The van der Waals surface area contributed by atoms with Crippen LogP contribution in [0.4, 0.5) is 0 Å². The Balaban J connectivity index is 3.70. The van der Waals surface area contributed by atoms with Gasteiger partial charge in [-0.05, 0) is 45.4 Å². The maximum atomic E-state index is 11.8. The van der Waals surface area contributed by atoms with Crippen molar-refractivity contribution in [1.29, 1.82) is 0 Å². The average molecular weight is 341 g/mol. The lowest BCUT2D eigenvalue weighted by molar-refractivity contribution is 0.0814. The maximum Gasteiger partial charge on any atom is 0.400 e.